The lowest BCUT2D eigenvalue weighted by Crippen LogP contribution is -2.30. The number of nitrogens with zero attached hydrogens (tertiary/aromatic N) is 1. The Morgan fingerprint density at radius 2 is 1.75 bits per heavy atom. The van der Waals surface area contributed by atoms with Gasteiger partial charge in [0.1, 0.15) is 7.05 Å². The largest absolute Gasteiger partial charge is 0.212 e. The molecule has 2 aromatic rings. The molecule has 1 aromatic carbocycles. The van der Waals surface area contributed by atoms with Crippen molar-refractivity contribution in [2.75, 3.05) is 0 Å². The fraction of sp³-hybridized carbons (Fsp3) is 0.421. The molecule has 1 aliphatic rings. The van der Waals surface area contributed by atoms with E-state index in [1.807, 2.05) is 0 Å². The maximum Gasteiger partial charge on any atom is 0.212 e. The van der Waals surface area contributed by atoms with Crippen LogP contribution in [0.5, 0.6) is 0 Å². The van der Waals surface area contributed by atoms with E-state index in [1.54, 1.807) is 11.1 Å². The van der Waals surface area contributed by atoms with Crippen LogP contribution in [0.1, 0.15) is 55.2 Å². The number of pyridine rings is 1. The second-order valence-electron chi connectivity index (χ2n) is 6.32. The zero-order valence-corrected chi connectivity index (χ0v) is 13.0. The summed E-state index contributed by atoms with van der Waals surface area (Å²) in [6.07, 6.45) is 4.77. The zero-order chi connectivity index (χ0) is 14.3. The average Bonchev–Trinajstić information content (AvgIpc) is 2.44. The van der Waals surface area contributed by atoms with Crippen molar-refractivity contribution >= 4 is 0 Å². The van der Waals surface area contributed by atoms with E-state index in [1.165, 1.54) is 29.7 Å². The standard InChI is InChI=1S/C19H24N/c1-13-8-9-14(2)19-15(3)17(11-10-16(13)19)18-7-5-6-12-20(18)4/h5-7,10-14H,8-9H2,1-4H3/q+1. The summed E-state index contributed by atoms with van der Waals surface area (Å²) in [4.78, 5) is 0. The third-order valence-corrected chi connectivity index (χ3v) is 4.94. The highest BCUT2D eigenvalue weighted by Gasteiger charge is 2.26. The number of fused-ring (bicyclic) bond motifs is 1. The van der Waals surface area contributed by atoms with E-state index in [4.69, 9.17) is 0 Å². The van der Waals surface area contributed by atoms with Gasteiger partial charge in [-0.15, -0.1) is 0 Å². The lowest BCUT2D eigenvalue weighted by Gasteiger charge is -2.30. The first-order valence-corrected chi connectivity index (χ1v) is 7.68. The summed E-state index contributed by atoms with van der Waals surface area (Å²) < 4.78 is 2.21. The molecule has 20 heavy (non-hydrogen) atoms. The molecule has 1 aliphatic carbocycles. The summed E-state index contributed by atoms with van der Waals surface area (Å²) in [5, 5.41) is 0. The highest BCUT2D eigenvalue weighted by molar-refractivity contribution is 5.65. The summed E-state index contributed by atoms with van der Waals surface area (Å²) in [7, 11) is 2.13. The van der Waals surface area contributed by atoms with Crippen molar-refractivity contribution in [1.82, 2.24) is 0 Å². The van der Waals surface area contributed by atoms with Crippen LogP contribution in [0.2, 0.25) is 0 Å². The van der Waals surface area contributed by atoms with Crippen LogP contribution in [0.15, 0.2) is 36.5 Å². The van der Waals surface area contributed by atoms with Gasteiger partial charge in [-0.05, 0) is 60.4 Å². The number of benzene rings is 1. The molecule has 1 heteroatoms. The zero-order valence-electron chi connectivity index (χ0n) is 13.0. The predicted octanol–water partition coefficient (Wildman–Crippen LogP) is 4.49. The molecule has 0 aliphatic heterocycles. The van der Waals surface area contributed by atoms with Crippen molar-refractivity contribution in [1.29, 1.82) is 0 Å². The monoisotopic (exact) mass is 266 g/mol. The Morgan fingerprint density at radius 1 is 1.00 bits per heavy atom. The molecule has 0 bridgehead atoms. The normalized spacial score (nSPS) is 21.6. The van der Waals surface area contributed by atoms with E-state index in [9.17, 15) is 0 Å². The van der Waals surface area contributed by atoms with Crippen molar-refractivity contribution in [3.8, 4) is 11.3 Å². The summed E-state index contributed by atoms with van der Waals surface area (Å²) in [6, 6.07) is 11.1. The van der Waals surface area contributed by atoms with Crippen LogP contribution in [0.25, 0.3) is 11.3 Å². The Labute approximate surface area is 122 Å². The van der Waals surface area contributed by atoms with E-state index < -0.39 is 0 Å². The molecule has 1 heterocycles. The van der Waals surface area contributed by atoms with Crippen LogP contribution >= 0.6 is 0 Å². The first kappa shape index (κ1) is 13.4. The number of rotatable bonds is 1. The van der Waals surface area contributed by atoms with Crippen molar-refractivity contribution in [2.45, 2.75) is 45.4 Å². The van der Waals surface area contributed by atoms with Gasteiger partial charge in [0.25, 0.3) is 0 Å². The molecule has 0 N–H and O–H groups in total. The summed E-state index contributed by atoms with van der Waals surface area (Å²) in [5.41, 5.74) is 7.34. The Kier molecular flexibility index (Phi) is 3.37. The van der Waals surface area contributed by atoms with E-state index >= 15 is 0 Å². The first-order chi connectivity index (χ1) is 9.59. The topological polar surface area (TPSA) is 3.88 Å². The Morgan fingerprint density at radius 3 is 2.50 bits per heavy atom. The van der Waals surface area contributed by atoms with E-state index in [2.05, 4.69) is 68.9 Å². The molecule has 0 saturated carbocycles. The number of aryl methyl sites for hydroxylation is 1. The van der Waals surface area contributed by atoms with Crippen molar-refractivity contribution < 1.29 is 4.57 Å². The first-order valence-electron chi connectivity index (χ1n) is 7.68. The molecule has 0 amide bonds. The van der Waals surface area contributed by atoms with Crippen LogP contribution < -0.4 is 4.57 Å². The molecule has 0 fully saturated rings. The van der Waals surface area contributed by atoms with E-state index in [0.29, 0.717) is 11.8 Å². The molecule has 1 nitrogen and oxygen atoms in total. The summed E-state index contributed by atoms with van der Waals surface area (Å²) in [6.45, 7) is 7.05. The Balaban J connectivity index is 2.21. The van der Waals surface area contributed by atoms with Gasteiger partial charge in [0.2, 0.25) is 5.69 Å². The minimum Gasteiger partial charge on any atom is -0.201 e. The van der Waals surface area contributed by atoms with Crippen LogP contribution in [0.4, 0.5) is 0 Å². The van der Waals surface area contributed by atoms with Gasteiger partial charge < -0.3 is 0 Å². The maximum absolute atomic E-state index is 2.38. The van der Waals surface area contributed by atoms with Crippen LogP contribution in [0, 0.1) is 6.92 Å². The predicted molar refractivity (Wildman–Crippen MR) is 83.9 cm³/mol. The van der Waals surface area contributed by atoms with Crippen molar-refractivity contribution in [3.63, 3.8) is 0 Å². The maximum atomic E-state index is 2.38. The fourth-order valence-corrected chi connectivity index (χ4v) is 3.71. The lowest BCUT2D eigenvalue weighted by molar-refractivity contribution is -0.660. The van der Waals surface area contributed by atoms with E-state index in [0.717, 1.165) is 0 Å². The molecule has 3 rings (SSSR count). The van der Waals surface area contributed by atoms with E-state index in [-0.39, 0.29) is 0 Å². The molecule has 0 saturated heterocycles. The number of hydrogen-bond donors (Lipinski definition) is 0. The van der Waals surface area contributed by atoms with Crippen LogP contribution in [0.3, 0.4) is 0 Å². The van der Waals surface area contributed by atoms with Gasteiger partial charge in [0.15, 0.2) is 6.20 Å². The molecule has 0 spiro atoms. The molecule has 0 radical (unpaired) electrons. The van der Waals surface area contributed by atoms with Gasteiger partial charge in [-0.1, -0.05) is 19.9 Å². The highest BCUT2D eigenvalue weighted by atomic mass is 14.9. The van der Waals surface area contributed by atoms with Crippen molar-refractivity contribution in [2.24, 2.45) is 7.05 Å². The molecule has 104 valence electrons. The second kappa shape index (κ2) is 5.05. The molecule has 1 aromatic heterocycles. The number of hydrogen-bond acceptors (Lipinski definition) is 0. The quantitative estimate of drug-likeness (QED) is 0.670. The van der Waals surface area contributed by atoms with Crippen molar-refractivity contribution in [3.05, 3.63) is 53.2 Å². The summed E-state index contributed by atoms with van der Waals surface area (Å²) in [5.74, 6) is 1.40. The van der Waals surface area contributed by atoms with Gasteiger partial charge in [0, 0.05) is 17.7 Å². The second-order valence-corrected chi connectivity index (χ2v) is 6.32. The van der Waals surface area contributed by atoms with Crippen LogP contribution in [-0.4, -0.2) is 0 Å². The highest BCUT2D eigenvalue weighted by Crippen LogP contribution is 2.42. The SMILES string of the molecule is Cc1c(-c2cccc[n+]2C)ccc2c1C(C)CCC2C. The van der Waals surface area contributed by atoms with Gasteiger partial charge in [-0.3, -0.25) is 0 Å². The third kappa shape index (κ3) is 2.06. The van der Waals surface area contributed by atoms with Gasteiger partial charge >= 0.3 is 0 Å². The Bertz CT molecular complexity index is 642. The average molecular weight is 266 g/mol. The van der Waals surface area contributed by atoms with Gasteiger partial charge in [-0.2, -0.15) is 0 Å². The minimum absolute atomic E-state index is 0.690. The molecule has 2 unspecified atom stereocenters. The molecular weight excluding hydrogens is 242 g/mol. The summed E-state index contributed by atoms with van der Waals surface area (Å²) >= 11 is 0. The smallest absolute Gasteiger partial charge is 0.201 e. The Hall–Kier alpha value is -1.63. The van der Waals surface area contributed by atoms with Crippen LogP contribution in [-0.2, 0) is 7.05 Å². The lowest BCUT2D eigenvalue weighted by atomic mass is 9.75. The van der Waals surface area contributed by atoms with Gasteiger partial charge in [0.05, 0.1) is 0 Å². The molecular formula is C19H24N+. The molecule has 2 atom stereocenters. The minimum atomic E-state index is 0.690. The van der Waals surface area contributed by atoms with Gasteiger partial charge in [-0.25, -0.2) is 4.57 Å². The number of aromatic nitrogens is 1. The third-order valence-electron chi connectivity index (χ3n) is 4.94. The fourth-order valence-electron chi connectivity index (χ4n) is 3.71.